The fourth-order valence-corrected chi connectivity index (χ4v) is 1.49. The molecule has 1 aromatic carbocycles. The van der Waals surface area contributed by atoms with Gasteiger partial charge in [0.05, 0.1) is 0 Å². The van der Waals surface area contributed by atoms with Crippen LogP contribution in [0.15, 0.2) is 24.3 Å². The van der Waals surface area contributed by atoms with Gasteiger partial charge in [0.25, 0.3) is 0 Å². The lowest BCUT2D eigenvalue weighted by Crippen LogP contribution is -2.12. The van der Waals surface area contributed by atoms with Crippen molar-refractivity contribution in [2.75, 3.05) is 0 Å². The molecule has 0 radical (unpaired) electrons. The zero-order valence-electron chi connectivity index (χ0n) is 9.85. The molecule has 0 heterocycles. The first kappa shape index (κ1) is 18.1. The monoisotopic (exact) mass is 264 g/mol. The van der Waals surface area contributed by atoms with E-state index in [4.69, 9.17) is 11.5 Å². The van der Waals surface area contributed by atoms with E-state index in [0.29, 0.717) is 0 Å². The molecule has 0 aliphatic rings. The van der Waals surface area contributed by atoms with Gasteiger partial charge >= 0.3 is 0 Å². The first-order valence-electron chi connectivity index (χ1n) is 5.30. The van der Waals surface area contributed by atoms with Crippen LogP contribution in [-0.2, 0) is 0 Å². The Bertz CT molecular complexity index is 267. The molecule has 0 aliphatic carbocycles. The van der Waals surface area contributed by atoms with Gasteiger partial charge in [-0.25, -0.2) is 0 Å². The van der Waals surface area contributed by atoms with Crippen LogP contribution in [0.2, 0.25) is 0 Å². The Balaban J connectivity index is 0. The first-order chi connectivity index (χ1) is 6.69. The van der Waals surface area contributed by atoms with Crippen LogP contribution in [0, 0.1) is 0 Å². The molecular formula is C12H22Cl2N2. The Hall–Kier alpha value is -0.280. The highest BCUT2D eigenvalue weighted by Gasteiger charge is 2.07. The van der Waals surface area contributed by atoms with E-state index in [9.17, 15) is 0 Å². The summed E-state index contributed by atoms with van der Waals surface area (Å²) in [5, 5.41) is 0. The minimum atomic E-state index is 0. The molecule has 0 bridgehead atoms. The van der Waals surface area contributed by atoms with Gasteiger partial charge in [-0.15, -0.1) is 24.8 Å². The van der Waals surface area contributed by atoms with Crippen LogP contribution < -0.4 is 11.5 Å². The molecule has 2 unspecified atom stereocenters. The summed E-state index contributed by atoms with van der Waals surface area (Å²) < 4.78 is 0. The molecular weight excluding hydrogens is 243 g/mol. The van der Waals surface area contributed by atoms with E-state index in [2.05, 4.69) is 32.0 Å². The molecule has 2 atom stereocenters. The maximum Gasteiger partial charge on any atom is 0.0292 e. The minimum Gasteiger partial charge on any atom is -0.324 e. The van der Waals surface area contributed by atoms with Crippen molar-refractivity contribution < 1.29 is 0 Å². The molecule has 0 aromatic heterocycles. The van der Waals surface area contributed by atoms with Gasteiger partial charge in [0, 0.05) is 12.1 Å². The summed E-state index contributed by atoms with van der Waals surface area (Å²) in [7, 11) is 0. The SMILES string of the molecule is CCC(N)c1cccc(C(N)CC)c1.Cl.Cl. The molecule has 4 heteroatoms. The van der Waals surface area contributed by atoms with Gasteiger partial charge < -0.3 is 11.5 Å². The van der Waals surface area contributed by atoms with Crippen molar-refractivity contribution in [3.63, 3.8) is 0 Å². The Labute approximate surface area is 111 Å². The zero-order valence-corrected chi connectivity index (χ0v) is 11.5. The molecule has 16 heavy (non-hydrogen) atoms. The van der Waals surface area contributed by atoms with Crippen molar-refractivity contribution >= 4 is 24.8 Å². The number of hydrogen-bond acceptors (Lipinski definition) is 2. The average molecular weight is 265 g/mol. The van der Waals surface area contributed by atoms with Crippen molar-refractivity contribution in [2.45, 2.75) is 38.8 Å². The van der Waals surface area contributed by atoms with Crippen LogP contribution >= 0.6 is 24.8 Å². The quantitative estimate of drug-likeness (QED) is 0.877. The van der Waals surface area contributed by atoms with E-state index in [-0.39, 0.29) is 36.9 Å². The Morgan fingerprint density at radius 3 is 1.62 bits per heavy atom. The van der Waals surface area contributed by atoms with E-state index in [1.54, 1.807) is 0 Å². The predicted molar refractivity (Wildman–Crippen MR) is 75.4 cm³/mol. The summed E-state index contributed by atoms with van der Waals surface area (Å²) in [6.45, 7) is 4.19. The van der Waals surface area contributed by atoms with Gasteiger partial charge in [0.1, 0.15) is 0 Å². The Morgan fingerprint density at radius 1 is 0.938 bits per heavy atom. The van der Waals surface area contributed by atoms with Crippen molar-refractivity contribution in [1.82, 2.24) is 0 Å². The number of rotatable bonds is 4. The highest BCUT2D eigenvalue weighted by Crippen LogP contribution is 2.19. The molecule has 0 fully saturated rings. The van der Waals surface area contributed by atoms with Crippen LogP contribution in [0.5, 0.6) is 0 Å². The molecule has 0 saturated heterocycles. The lowest BCUT2D eigenvalue weighted by molar-refractivity contribution is 0.677. The number of hydrogen-bond donors (Lipinski definition) is 2. The number of nitrogens with two attached hydrogens (primary N) is 2. The third-order valence-electron chi connectivity index (χ3n) is 2.65. The second kappa shape index (κ2) is 8.82. The molecule has 94 valence electrons. The molecule has 0 saturated carbocycles. The topological polar surface area (TPSA) is 52.0 Å². The van der Waals surface area contributed by atoms with Crippen LogP contribution in [-0.4, -0.2) is 0 Å². The van der Waals surface area contributed by atoms with Crippen LogP contribution in [0.25, 0.3) is 0 Å². The van der Waals surface area contributed by atoms with E-state index >= 15 is 0 Å². The van der Waals surface area contributed by atoms with Crippen molar-refractivity contribution in [3.8, 4) is 0 Å². The van der Waals surface area contributed by atoms with Gasteiger partial charge in [0.2, 0.25) is 0 Å². The predicted octanol–water partition coefficient (Wildman–Crippen LogP) is 3.35. The first-order valence-corrected chi connectivity index (χ1v) is 5.30. The summed E-state index contributed by atoms with van der Waals surface area (Å²) in [6, 6.07) is 8.58. The average Bonchev–Trinajstić information content (AvgIpc) is 2.27. The van der Waals surface area contributed by atoms with Crippen LogP contribution in [0.3, 0.4) is 0 Å². The van der Waals surface area contributed by atoms with Gasteiger partial charge in [0.15, 0.2) is 0 Å². The maximum absolute atomic E-state index is 5.96. The largest absolute Gasteiger partial charge is 0.324 e. The lowest BCUT2D eigenvalue weighted by Gasteiger charge is -2.14. The molecule has 2 nitrogen and oxygen atoms in total. The highest BCUT2D eigenvalue weighted by molar-refractivity contribution is 5.85. The second-order valence-electron chi connectivity index (χ2n) is 3.70. The minimum absolute atomic E-state index is 0. The Morgan fingerprint density at radius 2 is 1.31 bits per heavy atom. The third-order valence-corrected chi connectivity index (χ3v) is 2.65. The van der Waals surface area contributed by atoms with E-state index in [1.807, 2.05) is 6.07 Å². The summed E-state index contributed by atoms with van der Waals surface area (Å²) in [4.78, 5) is 0. The second-order valence-corrected chi connectivity index (χ2v) is 3.70. The molecule has 4 N–H and O–H groups in total. The molecule has 0 amide bonds. The summed E-state index contributed by atoms with van der Waals surface area (Å²) >= 11 is 0. The number of benzene rings is 1. The smallest absolute Gasteiger partial charge is 0.0292 e. The van der Waals surface area contributed by atoms with Crippen LogP contribution in [0.1, 0.15) is 49.9 Å². The van der Waals surface area contributed by atoms with Crippen molar-refractivity contribution in [3.05, 3.63) is 35.4 Å². The van der Waals surface area contributed by atoms with Crippen molar-refractivity contribution in [2.24, 2.45) is 11.5 Å². The normalized spacial score (nSPS) is 13.2. The third kappa shape index (κ3) is 4.71. The fourth-order valence-electron chi connectivity index (χ4n) is 1.49. The van der Waals surface area contributed by atoms with Crippen LogP contribution in [0.4, 0.5) is 0 Å². The summed E-state index contributed by atoms with van der Waals surface area (Å²) in [5.74, 6) is 0. The van der Waals surface area contributed by atoms with E-state index < -0.39 is 0 Å². The standard InChI is InChI=1S/C12H20N2.2ClH/c1-3-11(13)9-6-5-7-10(8-9)12(14)4-2;;/h5-8,11-12H,3-4,13-14H2,1-2H3;2*1H. The summed E-state index contributed by atoms with van der Waals surface area (Å²) in [5.41, 5.74) is 14.3. The molecule has 0 spiro atoms. The lowest BCUT2D eigenvalue weighted by atomic mass is 9.98. The zero-order chi connectivity index (χ0) is 10.6. The van der Waals surface area contributed by atoms with E-state index in [1.165, 1.54) is 11.1 Å². The maximum atomic E-state index is 5.96. The molecule has 1 aromatic rings. The fraction of sp³-hybridized carbons (Fsp3) is 0.500. The van der Waals surface area contributed by atoms with Gasteiger partial charge in [-0.1, -0.05) is 38.1 Å². The highest BCUT2D eigenvalue weighted by atomic mass is 35.5. The molecule has 0 aliphatic heterocycles. The number of halogens is 2. The van der Waals surface area contributed by atoms with Gasteiger partial charge in [-0.2, -0.15) is 0 Å². The Kier molecular flexibility index (Phi) is 9.98. The van der Waals surface area contributed by atoms with Gasteiger partial charge in [-0.05, 0) is 24.0 Å². The van der Waals surface area contributed by atoms with Crippen molar-refractivity contribution in [1.29, 1.82) is 0 Å². The van der Waals surface area contributed by atoms with Gasteiger partial charge in [-0.3, -0.25) is 0 Å². The van der Waals surface area contributed by atoms with E-state index in [0.717, 1.165) is 12.8 Å². The summed E-state index contributed by atoms with van der Waals surface area (Å²) in [6.07, 6.45) is 1.93. The molecule has 1 rings (SSSR count).